The second-order valence-electron chi connectivity index (χ2n) is 7.97. The molecule has 1 unspecified atom stereocenters. The Morgan fingerprint density at radius 3 is 2.82 bits per heavy atom. The number of rotatable bonds is 2. The highest BCUT2D eigenvalue weighted by Crippen LogP contribution is 2.33. The monoisotopic (exact) mass is 379 g/mol. The molecule has 1 fully saturated rings. The second kappa shape index (κ2) is 6.41. The largest absolute Gasteiger partial charge is 0.364 e. The van der Waals surface area contributed by atoms with E-state index in [1.54, 1.807) is 6.07 Å². The summed E-state index contributed by atoms with van der Waals surface area (Å²) >= 11 is 0. The van der Waals surface area contributed by atoms with Gasteiger partial charge in [0.2, 0.25) is 0 Å². The number of likely N-dealkylation sites (N-methyl/N-ethyl adjacent to an activating group) is 1. The number of benzene rings is 1. The summed E-state index contributed by atoms with van der Waals surface area (Å²) in [5.41, 5.74) is 10.5. The molecule has 1 atom stereocenters. The molecule has 0 aromatic heterocycles. The Labute approximate surface area is 165 Å². The summed E-state index contributed by atoms with van der Waals surface area (Å²) in [6, 6.07) is 5.41. The highest BCUT2D eigenvalue weighted by Gasteiger charge is 2.32. The number of fused-ring (bicyclic) bond motifs is 2. The Balaban J connectivity index is 1.45. The maximum Gasteiger partial charge on any atom is 0.126 e. The first-order valence-corrected chi connectivity index (χ1v) is 9.84. The lowest BCUT2D eigenvalue weighted by atomic mass is 10.0. The molecule has 0 amide bonds. The van der Waals surface area contributed by atoms with Gasteiger partial charge in [-0.1, -0.05) is 6.08 Å². The Morgan fingerprint density at radius 1 is 1.14 bits per heavy atom. The zero-order valence-corrected chi connectivity index (χ0v) is 16.6. The third-order valence-electron chi connectivity index (χ3n) is 6.14. The number of nitrogens with one attached hydrogen (secondary N) is 1. The van der Waals surface area contributed by atoms with E-state index in [1.807, 2.05) is 19.1 Å². The van der Waals surface area contributed by atoms with Crippen molar-refractivity contribution in [3.8, 4) is 0 Å². The van der Waals surface area contributed by atoms with E-state index in [2.05, 4.69) is 63.7 Å². The van der Waals surface area contributed by atoms with Crippen LogP contribution in [-0.4, -0.2) is 54.2 Å². The number of anilines is 1. The first kappa shape index (κ1) is 17.4. The van der Waals surface area contributed by atoms with Crippen molar-refractivity contribution in [1.29, 1.82) is 0 Å². The van der Waals surface area contributed by atoms with Crippen LogP contribution in [-0.2, 0) is 0 Å². The van der Waals surface area contributed by atoms with Gasteiger partial charge in [0.1, 0.15) is 12.0 Å². The summed E-state index contributed by atoms with van der Waals surface area (Å²) in [5, 5.41) is 2.28. The van der Waals surface area contributed by atoms with Gasteiger partial charge >= 0.3 is 0 Å². The van der Waals surface area contributed by atoms with Gasteiger partial charge in [-0.15, -0.1) is 0 Å². The minimum Gasteiger partial charge on any atom is -0.364 e. The van der Waals surface area contributed by atoms with E-state index in [-0.39, 0.29) is 12.0 Å². The SMILES string of the molecule is CC1=CN(C)C2C=CC(C3=C4CN(c5ccc(F)c(C)c5)CCN4NC3)=CN12. The quantitative estimate of drug-likeness (QED) is 0.852. The molecule has 5 nitrogen and oxygen atoms in total. The van der Waals surface area contributed by atoms with Crippen molar-refractivity contribution in [2.45, 2.75) is 20.0 Å². The molecule has 1 aromatic carbocycles. The van der Waals surface area contributed by atoms with E-state index in [0.29, 0.717) is 5.56 Å². The van der Waals surface area contributed by atoms with Gasteiger partial charge in [-0.3, -0.25) is 0 Å². The molecule has 4 aliphatic rings. The molecule has 4 heterocycles. The second-order valence-corrected chi connectivity index (χ2v) is 7.97. The Bertz CT molecular complexity index is 944. The lowest BCUT2D eigenvalue weighted by Crippen LogP contribution is -2.47. The van der Waals surface area contributed by atoms with Crippen molar-refractivity contribution in [1.82, 2.24) is 20.2 Å². The smallest absolute Gasteiger partial charge is 0.126 e. The zero-order chi connectivity index (χ0) is 19.4. The molecule has 1 N–H and O–H groups in total. The van der Waals surface area contributed by atoms with Gasteiger partial charge in [0, 0.05) is 43.9 Å². The number of allylic oxidation sites excluding steroid dienone is 2. The summed E-state index contributed by atoms with van der Waals surface area (Å²) < 4.78 is 13.7. The van der Waals surface area contributed by atoms with Crippen LogP contribution in [0.1, 0.15) is 12.5 Å². The average Bonchev–Trinajstić information content (AvgIpc) is 3.24. The third-order valence-corrected chi connectivity index (χ3v) is 6.14. The number of nitrogens with zero attached hydrogens (tertiary/aromatic N) is 4. The predicted molar refractivity (Wildman–Crippen MR) is 109 cm³/mol. The van der Waals surface area contributed by atoms with E-state index < -0.39 is 0 Å². The highest BCUT2D eigenvalue weighted by atomic mass is 19.1. The molecule has 0 radical (unpaired) electrons. The van der Waals surface area contributed by atoms with Crippen molar-refractivity contribution >= 4 is 5.69 Å². The molecular weight excluding hydrogens is 353 g/mol. The highest BCUT2D eigenvalue weighted by molar-refractivity contribution is 5.54. The summed E-state index contributed by atoms with van der Waals surface area (Å²) in [6.07, 6.45) is 9.25. The molecule has 0 spiro atoms. The Kier molecular flexibility index (Phi) is 3.98. The number of hydrazine groups is 1. The number of hydrogen-bond donors (Lipinski definition) is 1. The third kappa shape index (κ3) is 2.71. The summed E-state index contributed by atoms with van der Waals surface area (Å²) in [6.45, 7) is 7.49. The van der Waals surface area contributed by atoms with Gasteiger partial charge in [-0.2, -0.15) is 0 Å². The van der Waals surface area contributed by atoms with E-state index in [9.17, 15) is 4.39 Å². The van der Waals surface area contributed by atoms with Crippen molar-refractivity contribution < 1.29 is 4.39 Å². The first-order chi connectivity index (χ1) is 13.5. The van der Waals surface area contributed by atoms with Gasteiger partial charge in [0.15, 0.2) is 0 Å². The van der Waals surface area contributed by atoms with E-state index in [1.165, 1.54) is 22.5 Å². The molecule has 5 rings (SSSR count). The van der Waals surface area contributed by atoms with Crippen LogP contribution in [0, 0.1) is 12.7 Å². The van der Waals surface area contributed by atoms with E-state index >= 15 is 0 Å². The molecule has 1 aromatic rings. The normalized spacial score (nSPS) is 23.9. The van der Waals surface area contributed by atoms with Gasteiger partial charge in [0.05, 0.1) is 18.8 Å². The predicted octanol–water partition coefficient (Wildman–Crippen LogP) is 2.92. The van der Waals surface area contributed by atoms with Crippen LogP contribution in [0.4, 0.5) is 10.1 Å². The summed E-state index contributed by atoms with van der Waals surface area (Å²) in [4.78, 5) is 6.90. The lowest BCUT2D eigenvalue weighted by Gasteiger charge is -2.37. The molecule has 0 bridgehead atoms. The summed E-state index contributed by atoms with van der Waals surface area (Å²) in [5.74, 6) is -0.143. The van der Waals surface area contributed by atoms with Crippen LogP contribution >= 0.6 is 0 Å². The molecule has 0 aliphatic carbocycles. The number of hydrogen-bond acceptors (Lipinski definition) is 5. The lowest BCUT2D eigenvalue weighted by molar-refractivity contribution is 0.263. The fourth-order valence-electron chi connectivity index (χ4n) is 4.54. The Hall–Kier alpha value is -2.73. The number of halogens is 1. The molecule has 6 heteroatoms. The van der Waals surface area contributed by atoms with Crippen LogP contribution in [0.25, 0.3) is 0 Å². The average molecular weight is 379 g/mol. The van der Waals surface area contributed by atoms with Crippen molar-refractivity contribution in [3.05, 3.63) is 76.7 Å². The van der Waals surface area contributed by atoms with Crippen molar-refractivity contribution in [2.75, 3.05) is 38.1 Å². The maximum atomic E-state index is 13.7. The van der Waals surface area contributed by atoms with Gasteiger partial charge in [-0.05, 0) is 54.8 Å². The molecule has 1 saturated heterocycles. The van der Waals surface area contributed by atoms with Crippen LogP contribution in [0.15, 0.2) is 65.3 Å². The molecule has 146 valence electrons. The first-order valence-electron chi connectivity index (χ1n) is 9.84. The number of piperazine rings is 1. The fourth-order valence-corrected chi connectivity index (χ4v) is 4.54. The van der Waals surface area contributed by atoms with Crippen molar-refractivity contribution in [3.63, 3.8) is 0 Å². The maximum absolute atomic E-state index is 13.7. The van der Waals surface area contributed by atoms with Crippen LogP contribution < -0.4 is 10.3 Å². The number of aryl methyl sites for hydroxylation is 1. The zero-order valence-electron chi connectivity index (χ0n) is 16.6. The van der Waals surface area contributed by atoms with Crippen LogP contribution in [0.2, 0.25) is 0 Å². The molecule has 28 heavy (non-hydrogen) atoms. The van der Waals surface area contributed by atoms with Gasteiger partial charge in [0.25, 0.3) is 0 Å². The minimum absolute atomic E-state index is 0.143. The standard InChI is InChI=1S/C22H26FN5/c1-15-10-18(5-6-20(15)23)26-8-9-28-21(14-26)19(11-24-28)17-4-7-22-25(3)12-16(2)27(22)13-17/h4-7,10,12-13,22,24H,8-9,11,14H2,1-3H3. The molecule has 0 saturated carbocycles. The van der Waals surface area contributed by atoms with Crippen molar-refractivity contribution in [2.24, 2.45) is 0 Å². The van der Waals surface area contributed by atoms with Crippen LogP contribution in [0.3, 0.4) is 0 Å². The Morgan fingerprint density at radius 2 is 2.00 bits per heavy atom. The minimum atomic E-state index is -0.143. The topological polar surface area (TPSA) is 25.0 Å². The van der Waals surface area contributed by atoms with Crippen LogP contribution in [0.5, 0.6) is 0 Å². The molecular formula is C22H26FN5. The van der Waals surface area contributed by atoms with Gasteiger partial charge in [-0.25, -0.2) is 9.82 Å². The summed E-state index contributed by atoms with van der Waals surface area (Å²) in [7, 11) is 2.11. The fraction of sp³-hybridized carbons (Fsp3) is 0.364. The van der Waals surface area contributed by atoms with Gasteiger partial charge < -0.3 is 19.7 Å². The molecule has 4 aliphatic heterocycles. The van der Waals surface area contributed by atoms with E-state index in [0.717, 1.165) is 31.9 Å². The van der Waals surface area contributed by atoms with E-state index in [4.69, 9.17) is 0 Å².